The van der Waals surface area contributed by atoms with E-state index in [2.05, 4.69) is 0 Å². The Morgan fingerprint density at radius 3 is 2.62 bits per heavy atom. The first-order chi connectivity index (χ1) is 13.9. The van der Waals surface area contributed by atoms with Crippen LogP contribution in [-0.2, 0) is 9.53 Å². The molecule has 3 aliphatic heterocycles. The fraction of sp³-hybridized carbons (Fsp3) is 0.364. The fourth-order valence-electron chi connectivity index (χ4n) is 4.66. The van der Waals surface area contributed by atoms with Gasteiger partial charge in [0.05, 0.1) is 24.7 Å². The number of nitrogens with zero attached hydrogens (tertiary/aromatic N) is 2. The monoisotopic (exact) mass is 398 g/mol. The standard InChI is InChI=1S/C22H20F2N2O3/c1-13-6-7-17(24)15(10-13)20(27)25-11-22(12-25)21(28)26-18(8-9-19(26)29-22)14-4-2-3-5-16(14)23/h2-7,10,18-19H,8-9,11-12H2,1H3/t18-,19+/m0/s1. The molecule has 0 saturated carbocycles. The fourth-order valence-corrected chi connectivity index (χ4v) is 4.66. The second kappa shape index (κ2) is 6.35. The van der Waals surface area contributed by atoms with E-state index in [9.17, 15) is 18.4 Å². The third-order valence-corrected chi connectivity index (χ3v) is 6.12. The molecule has 0 bridgehead atoms. The van der Waals surface area contributed by atoms with Crippen LogP contribution in [0, 0.1) is 18.6 Å². The van der Waals surface area contributed by atoms with E-state index in [0.717, 1.165) is 5.56 Å². The molecule has 1 spiro atoms. The number of hydrogen-bond acceptors (Lipinski definition) is 3. The summed E-state index contributed by atoms with van der Waals surface area (Å²) >= 11 is 0. The van der Waals surface area contributed by atoms with E-state index in [0.29, 0.717) is 18.4 Å². The lowest BCUT2D eigenvalue weighted by molar-refractivity contribution is -0.154. The Morgan fingerprint density at radius 1 is 1.10 bits per heavy atom. The van der Waals surface area contributed by atoms with Crippen LogP contribution in [0.4, 0.5) is 8.78 Å². The molecule has 2 amide bonds. The maximum absolute atomic E-state index is 14.3. The second-order valence-electron chi connectivity index (χ2n) is 8.04. The lowest BCUT2D eigenvalue weighted by Crippen LogP contribution is -2.67. The zero-order valence-corrected chi connectivity index (χ0v) is 15.9. The van der Waals surface area contributed by atoms with Gasteiger partial charge in [0, 0.05) is 5.56 Å². The van der Waals surface area contributed by atoms with Crippen molar-refractivity contribution >= 4 is 11.8 Å². The summed E-state index contributed by atoms with van der Waals surface area (Å²) in [6, 6.07) is 10.5. The van der Waals surface area contributed by atoms with E-state index < -0.39 is 23.6 Å². The molecule has 2 aromatic carbocycles. The lowest BCUT2D eigenvalue weighted by Gasteiger charge is -2.45. The molecule has 3 saturated heterocycles. The van der Waals surface area contributed by atoms with E-state index in [-0.39, 0.29) is 36.4 Å². The number of carbonyl (C=O) groups excluding carboxylic acids is 2. The molecule has 0 radical (unpaired) electrons. The summed E-state index contributed by atoms with van der Waals surface area (Å²) in [6.45, 7) is 1.94. The Bertz CT molecular complexity index is 1020. The topological polar surface area (TPSA) is 49.9 Å². The van der Waals surface area contributed by atoms with Gasteiger partial charge in [-0.3, -0.25) is 9.59 Å². The maximum atomic E-state index is 14.3. The summed E-state index contributed by atoms with van der Waals surface area (Å²) in [5.74, 6) is -1.60. The van der Waals surface area contributed by atoms with Gasteiger partial charge in [-0.1, -0.05) is 29.8 Å². The van der Waals surface area contributed by atoms with Crippen LogP contribution in [0.2, 0.25) is 0 Å². The molecule has 0 N–H and O–H groups in total. The van der Waals surface area contributed by atoms with Gasteiger partial charge in [-0.05, 0) is 38.0 Å². The number of likely N-dealkylation sites (tertiary alicyclic amines) is 1. The molecule has 3 aliphatic rings. The van der Waals surface area contributed by atoms with Crippen LogP contribution >= 0.6 is 0 Å². The molecular formula is C22H20F2N2O3. The predicted molar refractivity (Wildman–Crippen MR) is 99.9 cm³/mol. The van der Waals surface area contributed by atoms with Gasteiger partial charge >= 0.3 is 0 Å². The van der Waals surface area contributed by atoms with Crippen molar-refractivity contribution in [2.75, 3.05) is 13.1 Å². The zero-order valence-electron chi connectivity index (χ0n) is 15.9. The number of fused-ring (bicyclic) bond motifs is 1. The number of ether oxygens (including phenoxy) is 1. The van der Waals surface area contributed by atoms with Crippen LogP contribution in [0.15, 0.2) is 42.5 Å². The van der Waals surface area contributed by atoms with Crippen molar-refractivity contribution in [3.8, 4) is 0 Å². The average molecular weight is 398 g/mol. The van der Waals surface area contributed by atoms with Crippen molar-refractivity contribution in [3.63, 3.8) is 0 Å². The maximum Gasteiger partial charge on any atom is 0.261 e. The van der Waals surface area contributed by atoms with Crippen molar-refractivity contribution < 1.29 is 23.1 Å². The molecule has 5 nitrogen and oxygen atoms in total. The van der Waals surface area contributed by atoms with E-state index in [1.165, 1.54) is 23.1 Å². The van der Waals surface area contributed by atoms with Crippen molar-refractivity contribution in [1.29, 1.82) is 0 Å². The molecule has 0 aromatic heterocycles. The van der Waals surface area contributed by atoms with Gasteiger partial charge in [0.2, 0.25) is 0 Å². The molecule has 3 heterocycles. The number of amides is 2. The molecule has 150 valence electrons. The number of hydrogen-bond donors (Lipinski definition) is 0. The highest BCUT2D eigenvalue weighted by atomic mass is 19.1. The summed E-state index contributed by atoms with van der Waals surface area (Å²) < 4.78 is 34.4. The van der Waals surface area contributed by atoms with Crippen LogP contribution in [0.5, 0.6) is 0 Å². The largest absolute Gasteiger partial charge is 0.338 e. The second-order valence-corrected chi connectivity index (χ2v) is 8.04. The Balaban J connectivity index is 1.35. The van der Waals surface area contributed by atoms with Crippen molar-refractivity contribution in [2.24, 2.45) is 0 Å². The Morgan fingerprint density at radius 2 is 1.86 bits per heavy atom. The molecule has 5 rings (SSSR count). The average Bonchev–Trinajstić information content (AvgIpc) is 3.20. The summed E-state index contributed by atoms with van der Waals surface area (Å²) in [6.07, 6.45) is 0.831. The summed E-state index contributed by atoms with van der Waals surface area (Å²) in [4.78, 5) is 28.9. The number of rotatable bonds is 2. The Labute approximate surface area is 166 Å². The highest BCUT2D eigenvalue weighted by molar-refractivity contribution is 5.98. The summed E-state index contributed by atoms with van der Waals surface area (Å²) in [5.41, 5.74) is 0.157. The van der Waals surface area contributed by atoms with E-state index in [1.54, 1.807) is 36.1 Å². The molecule has 0 aliphatic carbocycles. The smallest absolute Gasteiger partial charge is 0.261 e. The van der Waals surface area contributed by atoms with Crippen molar-refractivity contribution in [1.82, 2.24) is 9.80 Å². The van der Waals surface area contributed by atoms with Gasteiger partial charge in [0.1, 0.15) is 17.9 Å². The minimum atomic E-state index is -1.11. The lowest BCUT2D eigenvalue weighted by atomic mass is 9.91. The van der Waals surface area contributed by atoms with Crippen LogP contribution in [0.3, 0.4) is 0 Å². The minimum absolute atomic E-state index is 0.00460. The first kappa shape index (κ1) is 18.2. The highest BCUT2D eigenvalue weighted by Gasteiger charge is 2.63. The van der Waals surface area contributed by atoms with Gasteiger partial charge in [-0.25, -0.2) is 8.78 Å². The SMILES string of the molecule is Cc1ccc(F)c(C(=O)N2CC3(C2)O[C@@H]2CC[C@@H](c4ccccc4F)N2C3=O)c1. The van der Waals surface area contributed by atoms with Gasteiger partial charge < -0.3 is 14.5 Å². The van der Waals surface area contributed by atoms with Gasteiger partial charge in [0.25, 0.3) is 11.8 Å². The zero-order chi connectivity index (χ0) is 20.3. The Hall–Kier alpha value is -2.80. The first-order valence-corrected chi connectivity index (χ1v) is 9.70. The third kappa shape index (κ3) is 2.68. The number of benzene rings is 2. The van der Waals surface area contributed by atoms with Gasteiger partial charge in [0.15, 0.2) is 5.60 Å². The molecule has 0 unspecified atom stereocenters. The molecule has 2 aromatic rings. The molecule has 29 heavy (non-hydrogen) atoms. The molecule has 3 fully saturated rings. The number of halogens is 2. The molecule has 2 atom stereocenters. The van der Waals surface area contributed by atoms with E-state index >= 15 is 0 Å². The molecule has 7 heteroatoms. The van der Waals surface area contributed by atoms with Crippen LogP contribution in [0.25, 0.3) is 0 Å². The van der Waals surface area contributed by atoms with Crippen molar-refractivity contribution in [3.05, 3.63) is 70.8 Å². The first-order valence-electron chi connectivity index (χ1n) is 9.70. The molecular weight excluding hydrogens is 378 g/mol. The summed E-state index contributed by atoms with van der Waals surface area (Å²) in [5, 5.41) is 0. The Kier molecular flexibility index (Phi) is 4.00. The van der Waals surface area contributed by atoms with E-state index in [1.807, 2.05) is 0 Å². The number of aryl methyl sites for hydroxylation is 1. The van der Waals surface area contributed by atoms with Crippen LogP contribution in [0.1, 0.15) is 40.4 Å². The quantitative estimate of drug-likeness (QED) is 0.781. The normalized spacial score (nSPS) is 24.7. The van der Waals surface area contributed by atoms with Gasteiger partial charge in [-0.2, -0.15) is 0 Å². The van der Waals surface area contributed by atoms with Crippen molar-refractivity contribution in [2.45, 2.75) is 37.6 Å². The minimum Gasteiger partial charge on any atom is -0.338 e. The highest BCUT2D eigenvalue weighted by Crippen LogP contribution is 2.47. The van der Waals surface area contributed by atoms with Crippen LogP contribution in [-0.4, -0.2) is 46.5 Å². The van der Waals surface area contributed by atoms with E-state index in [4.69, 9.17) is 4.74 Å². The third-order valence-electron chi connectivity index (χ3n) is 6.12. The summed E-state index contributed by atoms with van der Waals surface area (Å²) in [7, 11) is 0. The number of carbonyl (C=O) groups is 2. The van der Waals surface area contributed by atoms with Crippen LogP contribution < -0.4 is 0 Å². The van der Waals surface area contributed by atoms with Gasteiger partial charge in [-0.15, -0.1) is 0 Å². The predicted octanol–water partition coefficient (Wildman–Crippen LogP) is 3.19.